The molecule has 0 aromatic heterocycles. The van der Waals surface area contributed by atoms with Crippen LogP contribution in [0, 0.1) is 0 Å². The summed E-state index contributed by atoms with van der Waals surface area (Å²) >= 11 is 0. The topological polar surface area (TPSA) is 40.5 Å². The fourth-order valence-corrected chi connectivity index (χ4v) is 1.52. The van der Waals surface area contributed by atoms with E-state index >= 15 is 0 Å². The second-order valence-corrected chi connectivity index (χ2v) is 3.50. The lowest BCUT2D eigenvalue weighted by atomic mass is 9.98. The molecular weight excluding hydrogens is 278 g/mol. The number of aliphatic hydroxyl groups is 1. The molecule has 1 rings (SSSR count). The number of benzene rings is 1. The van der Waals surface area contributed by atoms with Gasteiger partial charge in [-0.05, 0) is 11.6 Å². The minimum Gasteiger partial charge on any atom is -0.507 e. The molecule has 0 amide bonds. The molecule has 0 atom stereocenters. The highest BCUT2D eigenvalue weighted by molar-refractivity contribution is 5.61. The zero-order valence-electron chi connectivity index (χ0n) is 9.18. The van der Waals surface area contributed by atoms with Crippen LogP contribution in [-0.2, 0) is 12.4 Å². The van der Waals surface area contributed by atoms with Gasteiger partial charge in [-0.3, -0.25) is 0 Å². The van der Waals surface area contributed by atoms with E-state index in [2.05, 4.69) is 0 Å². The summed E-state index contributed by atoms with van der Waals surface area (Å²) in [6.07, 6.45) is -9.07. The van der Waals surface area contributed by atoms with Crippen molar-refractivity contribution in [1.29, 1.82) is 0 Å². The van der Waals surface area contributed by atoms with Crippen LogP contribution >= 0.6 is 0 Å². The van der Waals surface area contributed by atoms with Crippen LogP contribution in [0.25, 0.3) is 6.08 Å². The number of halogens is 6. The van der Waals surface area contributed by atoms with Gasteiger partial charge in [-0.25, -0.2) is 0 Å². The standard InChI is InChI=1S/C11H8F6O2/c12-10(13,14)8-6(2-1-5-18)3-4-7(19)9(8)11(15,16)17/h1-4,18-19H,5H2/b2-1+. The Morgan fingerprint density at radius 2 is 1.47 bits per heavy atom. The Morgan fingerprint density at radius 3 is 1.89 bits per heavy atom. The first-order valence-corrected chi connectivity index (χ1v) is 4.86. The van der Waals surface area contributed by atoms with E-state index in [9.17, 15) is 26.3 Å². The van der Waals surface area contributed by atoms with Gasteiger partial charge in [0.1, 0.15) is 11.3 Å². The van der Waals surface area contributed by atoms with E-state index in [1.165, 1.54) is 0 Å². The van der Waals surface area contributed by atoms with E-state index in [1.54, 1.807) is 0 Å². The van der Waals surface area contributed by atoms with E-state index in [0.29, 0.717) is 18.2 Å². The highest BCUT2D eigenvalue weighted by Gasteiger charge is 2.46. The van der Waals surface area contributed by atoms with Crippen LogP contribution in [0.4, 0.5) is 26.3 Å². The van der Waals surface area contributed by atoms with Crippen LogP contribution in [0.5, 0.6) is 5.75 Å². The maximum atomic E-state index is 12.7. The van der Waals surface area contributed by atoms with Crippen molar-refractivity contribution >= 4 is 6.08 Å². The normalized spacial score (nSPS) is 13.2. The van der Waals surface area contributed by atoms with Crippen molar-refractivity contribution < 1.29 is 36.6 Å². The van der Waals surface area contributed by atoms with Crippen molar-refractivity contribution in [2.45, 2.75) is 12.4 Å². The number of hydrogen-bond donors (Lipinski definition) is 2. The van der Waals surface area contributed by atoms with E-state index in [0.717, 1.165) is 6.08 Å². The van der Waals surface area contributed by atoms with E-state index in [1.807, 2.05) is 0 Å². The third-order valence-electron chi connectivity index (χ3n) is 2.19. The number of aromatic hydroxyl groups is 1. The van der Waals surface area contributed by atoms with E-state index in [4.69, 9.17) is 10.2 Å². The molecule has 0 bridgehead atoms. The summed E-state index contributed by atoms with van der Waals surface area (Å²) in [4.78, 5) is 0. The molecule has 8 heteroatoms. The van der Waals surface area contributed by atoms with Crippen molar-refractivity contribution in [3.05, 3.63) is 34.9 Å². The van der Waals surface area contributed by atoms with Gasteiger partial charge in [-0.15, -0.1) is 0 Å². The summed E-state index contributed by atoms with van der Waals surface area (Å²) in [7, 11) is 0. The molecule has 0 radical (unpaired) electrons. The highest BCUT2D eigenvalue weighted by Crippen LogP contribution is 2.46. The van der Waals surface area contributed by atoms with Crippen molar-refractivity contribution in [3.8, 4) is 5.75 Å². The van der Waals surface area contributed by atoms with Gasteiger partial charge in [0.2, 0.25) is 0 Å². The first-order chi connectivity index (χ1) is 8.59. The molecular formula is C11H8F6O2. The largest absolute Gasteiger partial charge is 0.507 e. The molecule has 0 fully saturated rings. The Bertz CT molecular complexity index is 487. The summed E-state index contributed by atoms with van der Waals surface area (Å²) in [5, 5.41) is 17.5. The Labute approximate surface area is 103 Å². The number of aliphatic hydroxyl groups excluding tert-OH is 1. The van der Waals surface area contributed by atoms with Crippen LogP contribution in [0.3, 0.4) is 0 Å². The summed E-state index contributed by atoms with van der Waals surface area (Å²) < 4.78 is 76.0. The molecule has 106 valence electrons. The van der Waals surface area contributed by atoms with Crippen molar-refractivity contribution in [2.75, 3.05) is 6.61 Å². The van der Waals surface area contributed by atoms with Gasteiger partial charge in [-0.2, -0.15) is 26.3 Å². The Hall–Kier alpha value is -1.70. The third-order valence-corrected chi connectivity index (χ3v) is 2.19. The first kappa shape index (κ1) is 15.4. The summed E-state index contributed by atoms with van der Waals surface area (Å²) in [5.74, 6) is -1.50. The number of phenols is 1. The second-order valence-electron chi connectivity index (χ2n) is 3.50. The third kappa shape index (κ3) is 3.40. The first-order valence-electron chi connectivity index (χ1n) is 4.86. The quantitative estimate of drug-likeness (QED) is 0.818. The number of phenolic OH excluding ortho intramolecular Hbond substituents is 1. The molecule has 1 aromatic carbocycles. The Morgan fingerprint density at radius 1 is 0.947 bits per heavy atom. The fraction of sp³-hybridized carbons (Fsp3) is 0.273. The van der Waals surface area contributed by atoms with Crippen LogP contribution in [0.1, 0.15) is 16.7 Å². The van der Waals surface area contributed by atoms with Crippen LogP contribution in [0.15, 0.2) is 18.2 Å². The molecule has 0 aliphatic rings. The maximum absolute atomic E-state index is 12.7. The van der Waals surface area contributed by atoms with Gasteiger partial charge in [0.05, 0.1) is 12.2 Å². The van der Waals surface area contributed by atoms with Crippen molar-refractivity contribution in [1.82, 2.24) is 0 Å². The molecule has 0 saturated heterocycles. The molecule has 0 heterocycles. The second kappa shape index (κ2) is 5.12. The van der Waals surface area contributed by atoms with Crippen LogP contribution < -0.4 is 0 Å². The molecule has 0 aliphatic heterocycles. The van der Waals surface area contributed by atoms with E-state index in [-0.39, 0.29) is 0 Å². The van der Waals surface area contributed by atoms with Crippen molar-refractivity contribution in [2.24, 2.45) is 0 Å². The number of rotatable bonds is 2. The lowest BCUT2D eigenvalue weighted by Crippen LogP contribution is -2.18. The lowest BCUT2D eigenvalue weighted by molar-refractivity contribution is -0.163. The molecule has 1 aromatic rings. The molecule has 0 saturated carbocycles. The average molecular weight is 286 g/mol. The molecule has 0 spiro atoms. The zero-order chi connectivity index (χ0) is 14.8. The Balaban J connectivity index is 3.66. The average Bonchev–Trinajstić information content (AvgIpc) is 2.24. The van der Waals surface area contributed by atoms with Crippen LogP contribution in [0.2, 0.25) is 0 Å². The molecule has 2 nitrogen and oxygen atoms in total. The highest BCUT2D eigenvalue weighted by atomic mass is 19.4. The van der Waals surface area contributed by atoms with Gasteiger partial charge < -0.3 is 10.2 Å². The fourth-order valence-electron chi connectivity index (χ4n) is 1.52. The van der Waals surface area contributed by atoms with Gasteiger partial charge in [0.15, 0.2) is 0 Å². The molecule has 2 N–H and O–H groups in total. The molecule has 19 heavy (non-hydrogen) atoms. The molecule has 0 unspecified atom stereocenters. The number of alkyl halides is 6. The smallest absolute Gasteiger partial charge is 0.420 e. The summed E-state index contributed by atoms with van der Waals surface area (Å²) in [5.41, 5.74) is -4.91. The SMILES string of the molecule is OC/C=C/c1ccc(O)c(C(F)(F)F)c1C(F)(F)F. The van der Waals surface area contributed by atoms with Crippen molar-refractivity contribution in [3.63, 3.8) is 0 Å². The maximum Gasteiger partial charge on any atom is 0.420 e. The zero-order valence-corrected chi connectivity index (χ0v) is 9.18. The number of hydrogen-bond acceptors (Lipinski definition) is 2. The molecule has 0 aliphatic carbocycles. The predicted molar refractivity (Wildman–Crippen MR) is 54.2 cm³/mol. The monoisotopic (exact) mass is 286 g/mol. The minimum absolute atomic E-state index is 0.523. The lowest BCUT2D eigenvalue weighted by Gasteiger charge is -2.18. The van der Waals surface area contributed by atoms with Crippen LogP contribution in [-0.4, -0.2) is 16.8 Å². The van der Waals surface area contributed by atoms with Gasteiger partial charge in [0.25, 0.3) is 0 Å². The minimum atomic E-state index is -5.35. The Kier molecular flexibility index (Phi) is 4.14. The summed E-state index contributed by atoms with van der Waals surface area (Å²) in [6.45, 7) is -0.625. The summed E-state index contributed by atoms with van der Waals surface area (Å²) in [6, 6.07) is 1.22. The van der Waals surface area contributed by atoms with Gasteiger partial charge >= 0.3 is 12.4 Å². The predicted octanol–water partition coefficient (Wildman–Crippen LogP) is 3.44. The van der Waals surface area contributed by atoms with E-state index < -0.39 is 41.4 Å². The van der Waals surface area contributed by atoms with Gasteiger partial charge in [-0.1, -0.05) is 18.2 Å². The van der Waals surface area contributed by atoms with Gasteiger partial charge in [0, 0.05) is 0 Å².